The minimum absolute atomic E-state index is 0.160. The van der Waals surface area contributed by atoms with E-state index in [1.54, 1.807) is 30.3 Å². The molecular weight excluding hydrogens is 478 g/mol. The van der Waals surface area contributed by atoms with Gasteiger partial charge in [0.2, 0.25) is 10.0 Å². The van der Waals surface area contributed by atoms with E-state index in [9.17, 15) is 13.2 Å². The molecule has 8 nitrogen and oxygen atoms in total. The first-order chi connectivity index (χ1) is 16.4. The molecule has 1 unspecified atom stereocenters. The standard InChI is InChI=1S/C24H23NO7S2/c1-30-17-6-9-19(10-7-17)34(28,29)25-12-13-33-23-20-5-3-2-4-16(20)15-31-22-11-8-18(14-21(22)23)32-24(26)27/h2-11,14,23,25H,12-13,15H2,1H3,(H,26,27). The Morgan fingerprint density at radius 2 is 1.82 bits per heavy atom. The van der Waals surface area contributed by atoms with Crippen molar-refractivity contribution < 1.29 is 32.5 Å². The lowest BCUT2D eigenvalue weighted by Crippen LogP contribution is -2.26. The highest BCUT2D eigenvalue weighted by Crippen LogP contribution is 2.45. The number of thioether (sulfide) groups is 1. The van der Waals surface area contributed by atoms with Crippen LogP contribution in [0.4, 0.5) is 4.79 Å². The van der Waals surface area contributed by atoms with Crippen LogP contribution in [0.2, 0.25) is 0 Å². The molecule has 3 aromatic carbocycles. The van der Waals surface area contributed by atoms with Crippen molar-refractivity contribution in [1.29, 1.82) is 0 Å². The van der Waals surface area contributed by atoms with Gasteiger partial charge in [-0.05, 0) is 53.6 Å². The molecule has 0 spiro atoms. The quantitative estimate of drug-likeness (QED) is 0.265. The Morgan fingerprint density at radius 3 is 2.56 bits per heavy atom. The number of methoxy groups -OCH3 is 1. The Morgan fingerprint density at radius 1 is 1.09 bits per heavy atom. The second kappa shape index (κ2) is 10.4. The van der Waals surface area contributed by atoms with Gasteiger partial charge in [0, 0.05) is 17.9 Å². The van der Waals surface area contributed by atoms with Gasteiger partial charge in [-0.3, -0.25) is 0 Å². The van der Waals surface area contributed by atoms with Crippen molar-refractivity contribution in [3.63, 3.8) is 0 Å². The van der Waals surface area contributed by atoms with Crippen LogP contribution in [0.3, 0.4) is 0 Å². The van der Waals surface area contributed by atoms with Gasteiger partial charge in [0.05, 0.1) is 17.3 Å². The third-order valence-corrected chi connectivity index (χ3v) is 8.00. The predicted molar refractivity (Wildman–Crippen MR) is 128 cm³/mol. The zero-order valence-corrected chi connectivity index (χ0v) is 19.9. The van der Waals surface area contributed by atoms with E-state index in [-0.39, 0.29) is 22.4 Å². The monoisotopic (exact) mass is 501 g/mol. The summed E-state index contributed by atoms with van der Waals surface area (Å²) in [5.41, 5.74) is 2.80. The topological polar surface area (TPSA) is 111 Å². The highest BCUT2D eigenvalue weighted by Gasteiger charge is 2.26. The second-order valence-electron chi connectivity index (χ2n) is 7.38. The van der Waals surface area contributed by atoms with Crippen LogP contribution in [0.5, 0.6) is 17.2 Å². The summed E-state index contributed by atoms with van der Waals surface area (Å²) in [6.45, 7) is 0.586. The van der Waals surface area contributed by atoms with Crippen molar-refractivity contribution in [3.8, 4) is 17.2 Å². The van der Waals surface area contributed by atoms with E-state index in [0.29, 0.717) is 23.9 Å². The number of carboxylic acid groups (broad SMARTS) is 1. The molecule has 0 aromatic heterocycles. The molecule has 34 heavy (non-hydrogen) atoms. The van der Waals surface area contributed by atoms with Gasteiger partial charge in [-0.2, -0.15) is 0 Å². The lowest BCUT2D eigenvalue weighted by molar-refractivity contribution is 0.144. The Kier molecular flexibility index (Phi) is 7.30. The first kappa shape index (κ1) is 23.9. The Hall–Kier alpha value is -3.21. The minimum atomic E-state index is -3.67. The Balaban J connectivity index is 1.52. The van der Waals surface area contributed by atoms with Gasteiger partial charge >= 0.3 is 6.16 Å². The molecule has 0 amide bonds. The molecule has 0 aliphatic carbocycles. The summed E-state index contributed by atoms with van der Waals surface area (Å²) in [5.74, 6) is 1.87. The molecule has 4 rings (SSSR count). The molecular formula is C24H23NO7S2. The lowest BCUT2D eigenvalue weighted by atomic mass is 10.00. The largest absolute Gasteiger partial charge is 0.511 e. The summed E-state index contributed by atoms with van der Waals surface area (Å²) in [4.78, 5) is 11.2. The van der Waals surface area contributed by atoms with E-state index in [1.807, 2.05) is 24.3 Å². The molecule has 1 atom stereocenters. The summed E-state index contributed by atoms with van der Waals surface area (Å²) < 4.78 is 43.8. The predicted octanol–water partition coefficient (Wildman–Crippen LogP) is 4.45. The molecule has 0 fully saturated rings. The van der Waals surface area contributed by atoms with Gasteiger partial charge in [0.1, 0.15) is 23.9 Å². The first-order valence-corrected chi connectivity index (χ1v) is 12.9. The number of hydrogen-bond donors (Lipinski definition) is 2. The Labute approximate surface area is 201 Å². The SMILES string of the molecule is COc1ccc(S(=O)(=O)NCCSC2c3ccccc3COc3ccc(OC(=O)O)cc32)cc1. The maximum atomic E-state index is 12.6. The fourth-order valence-electron chi connectivity index (χ4n) is 3.64. The Bertz CT molecular complexity index is 1280. The van der Waals surface area contributed by atoms with Gasteiger partial charge in [-0.15, -0.1) is 11.8 Å². The number of rotatable bonds is 8. The van der Waals surface area contributed by atoms with Crippen LogP contribution < -0.4 is 18.9 Å². The molecule has 1 aliphatic rings. The normalized spacial score (nSPS) is 14.8. The van der Waals surface area contributed by atoms with Crippen LogP contribution >= 0.6 is 11.8 Å². The van der Waals surface area contributed by atoms with E-state index >= 15 is 0 Å². The van der Waals surface area contributed by atoms with E-state index in [1.165, 1.54) is 31.0 Å². The van der Waals surface area contributed by atoms with Crippen molar-refractivity contribution in [2.24, 2.45) is 0 Å². The number of carbonyl (C=O) groups is 1. The summed E-state index contributed by atoms with van der Waals surface area (Å²) in [6.07, 6.45) is -1.40. The second-order valence-corrected chi connectivity index (χ2v) is 10.4. The average molecular weight is 502 g/mol. The van der Waals surface area contributed by atoms with Crippen LogP contribution in [-0.4, -0.2) is 39.1 Å². The van der Waals surface area contributed by atoms with Gasteiger partial charge in [-0.1, -0.05) is 24.3 Å². The van der Waals surface area contributed by atoms with Gasteiger partial charge in [-0.25, -0.2) is 17.9 Å². The first-order valence-electron chi connectivity index (χ1n) is 10.4. The lowest BCUT2D eigenvalue weighted by Gasteiger charge is -2.19. The van der Waals surface area contributed by atoms with Crippen molar-refractivity contribution >= 4 is 27.9 Å². The van der Waals surface area contributed by atoms with Crippen molar-refractivity contribution in [2.75, 3.05) is 19.4 Å². The number of fused-ring (bicyclic) bond motifs is 2. The number of sulfonamides is 1. The van der Waals surface area contributed by atoms with Crippen LogP contribution in [0.15, 0.2) is 71.6 Å². The molecule has 0 saturated carbocycles. The molecule has 0 bridgehead atoms. The molecule has 0 saturated heterocycles. The fraction of sp³-hybridized carbons (Fsp3) is 0.208. The summed E-state index contributed by atoms with van der Waals surface area (Å²) in [6, 6.07) is 18.9. The molecule has 2 N–H and O–H groups in total. The summed E-state index contributed by atoms with van der Waals surface area (Å²) in [7, 11) is -2.15. The van der Waals surface area contributed by atoms with Crippen LogP contribution in [0.25, 0.3) is 0 Å². The van der Waals surface area contributed by atoms with E-state index < -0.39 is 16.2 Å². The van der Waals surface area contributed by atoms with Crippen molar-refractivity contribution in [2.45, 2.75) is 16.8 Å². The summed E-state index contributed by atoms with van der Waals surface area (Å²) >= 11 is 1.54. The third-order valence-electron chi connectivity index (χ3n) is 5.24. The van der Waals surface area contributed by atoms with Crippen molar-refractivity contribution in [1.82, 2.24) is 4.72 Å². The van der Waals surface area contributed by atoms with Crippen LogP contribution in [-0.2, 0) is 16.6 Å². The smallest absolute Gasteiger partial charge is 0.497 e. The molecule has 1 aliphatic heterocycles. The van der Waals surface area contributed by atoms with Crippen molar-refractivity contribution in [3.05, 3.63) is 83.4 Å². The van der Waals surface area contributed by atoms with Crippen LogP contribution in [0, 0.1) is 0 Å². The molecule has 1 heterocycles. The molecule has 0 radical (unpaired) electrons. The van der Waals surface area contributed by atoms with Crippen LogP contribution in [0.1, 0.15) is 21.9 Å². The molecule has 10 heteroatoms. The van der Waals surface area contributed by atoms with Gasteiger partial charge in [0.15, 0.2) is 0 Å². The molecule has 178 valence electrons. The van der Waals surface area contributed by atoms with E-state index in [4.69, 9.17) is 19.3 Å². The minimum Gasteiger partial charge on any atom is -0.497 e. The zero-order valence-electron chi connectivity index (χ0n) is 18.3. The van der Waals surface area contributed by atoms with Gasteiger partial charge in [0.25, 0.3) is 0 Å². The summed E-state index contributed by atoms with van der Waals surface area (Å²) in [5, 5.41) is 8.79. The highest BCUT2D eigenvalue weighted by atomic mass is 32.2. The number of hydrogen-bond acceptors (Lipinski definition) is 7. The van der Waals surface area contributed by atoms with E-state index in [0.717, 1.165) is 16.7 Å². The maximum Gasteiger partial charge on any atom is 0.511 e. The third kappa shape index (κ3) is 5.46. The average Bonchev–Trinajstić information content (AvgIpc) is 2.98. The number of nitrogens with one attached hydrogen (secondary N) is 1. The highest BCUT2D eigenvalue weighted by molar-refractivity contribution is 7.99. The molecule has 3 aromatic rings. The number of benzene rings is 3. The zero-order chi connectivity index (χ0) is 24.1. The maximum absolute atomic E-state index is 12.6. The fourth-order valence-corrected chi connectivity index (χ4v) is 6.03. The van der Waals surface area contributed by atoms with Gasteiger partial charge < -0.3 is 19.3 Å². The number of ether oxygens (including phenoxy) is 3. The van der Waals surface area contributed by atoms with E-state index in [2.05, 4.69) is 4.72 Å².